The molecule has 0 aliphatic rings. The van der Waals surface area contributed by atoms with E-state index in [1.165, 1.54) is 0 Å². The van der Waals surface area contributed by atoms with Crippen LogP contribution in [0.25, 0.3) is 0 Å². The molecule has 0 spiro atoms. The third-order valence-electron chi connectivity index (χ3n) is 0. The fourth-order valence-corrected chi connectivity index (χ4v) is 0. The van der Waals surface area contributed by atoms with Gasteiger partial charge in [-0.05, 0) is 0 Å². The van der Waals surface area contributed by atoms with E-state index < -0.39 is 0 Å². The largest absolute Gasteiger partial charge is 2.00 e. The van der Waals surface area contributed by atoms with Crippen LogP contribution in [-0.2, 0) is 0 Å². The molecule has 0 N–H and O–H groups in total. The summed E-state index contributed by atoms with van der Waals surface area (Å²) in [6.07, 6.45) is 0. The number of hydrogen-bond acceptors (Lipinski definition) is 0. The summed E-state index contributed by atoms with van der Waals surface area (Å²) >= 11 is 0. The second-order valence-corrected chi connectivity index (χ2v) is 0. The van der Waals surface area contributed by atoms with Crippen LogP contribution < -0.4 is 0 Å². The molecular formula is H7BaCaFMg. The Labute approximate surface area is 120 Å². The van der Waals surface area contributed by atoms with Gasteiger partial charge in [0.25, 0.3) is 0 Å². The van der Waals surface area contributed by atoms with E-state index in [0.717, 1.165) is 0 Å². The molecule has 0 bridgehead atoms. The van der Waals surface area contributed by atoms with Gasteiger partial charge in [-0.15, -0.1) is 0 Å². The summed E-state index contributed by atoms with van der Waals surface area (Å²) < 4.78 is 0. The van der Waals surface area contributed by atoms with Crippen molar-refractivity contribution in [2.24, 2.45) is 0 Å². The molecule has 0 atom stereocenters. The second-order valence-electron chi connectivity index (χ2n) is 0. The summed E-state index contributed by atoms with van der Waals surface area (Å²) in [6.45, 7) is 0. The summed E-state index contributed by atoms with van der Waals surface area (Å²) in [5, 5.41) is 0. The minimum atomic E-state index is 0. The fraction of sp³-hybridized carbons (Fsp3) is 0. The number of hydrogen-bond donors (Lipinski definition) is 0. The van der Waals surface area contributed by atoms with Crippen LogP contribution in [0.3, 0.4) is 0 Å². The summed E-state index contributed by atoms with van der Waals surface area (Å²) in [5.74, 6) is 0. The second kappa shape index (κ2) is 16.0. The Hall–Kier alpha value is 3.53. The van der Waals surface area contributed by atoms with E-state index in [9.17, 15) is 0 Å². The Morgan fingerprint density at radius 3 is 1.25 bits per heavy atom. The molecule has 0 unspecified atom stereocenters. The summed E-state index contributed by atoms with van der Waals surface area (Å²) in [6, 6.07) is 0. The van der Waals surface area contributed by atoms with E-state index in [1.54, 1.807) is 0 Å². The zero-order valence-electron chi connectivity index (χ0n) is 8.53. The molecule has 0 nitrogen and oxygen atoms in total. The van der Waals surface area contributed by atoms with Gasteiger partial charge >= 0.3 is 110 Å². The third kappa shape index (κ3) is 9.11. The molecule has 0 aromatic carbocycles. The maximum absolute atomic E-state index is 0. The minimum Gasteiger partial charge on any atom is -1.00 e. The van der Waals surface area contributed by atoms with Crippen LogP contribution >= 0.6 is 0 Å². The molecule has 0 aromatic rings. The topological polar surface area (TPSA) is 0 Å². The van der Waals surface area contributed by atoms with Gasteiger partial charge in [0.1, 0.15) is 0 Å². The van der Waals surface area contributed by atoms with Gasteiger partial charge in [0, 0.05) is 0 Å². The molecule has 0 aromatic heterocycles. The molecule has 20 valence electrons. The van der Waals surface area contributed by atoms with Crippen LogP contribution in [0.5, 0.6) is 0 Å². The zero-order chi connectivity index (χ0) is 0. The van der Waals surface area contributed by atoms with Gasteiger partial charge in [0.2, 0.25) is 0 Å². The standard InChI is InChI=1S/Ba.Ca.FH.Mg.6H/h;;1H;;;;;;;/q2*+2;;+2;6*-1. The maximum Gasteiger partial charge on any atom is 2.00 e. The van der Waals surface area contributed by atoms with Crippen LogP contribution in [0.15, 0.2) is 0 Å². The molecule has 0 saturated heterocycles. The van der Waals surface area contributed by atoms with E-state index in [4.69, 9.17) is 0 Å². The SMILES string of the molecule is F.[Ba+2].[Ca+2].[H-].[H-].[H-].[H-].[H-].[H-].[Mg+2]. The normalized spacial score (nSPS) is 0. The smallest absolute Gasteiger partial charge is 1.00 e. The maximum atomic E-state index is 0. The molecule has 4 heavy (non-hydrogen) atoms. The first-order valence-electron chi connectivity index (χ1n) is 0. The predicted molar refractivity (Wildman–Crippen MR) is 26.4 cm³/mol. The van der Waals surface area contributed by atoms with Gasteiger partial charge in [0.15, 0.2) is 0 Å². The van der Waals surface area contributed by atoms with Crippen molar-refractivity contribution in [2.75, 3.05) is 0 Å². The quantitative estimate of drug-likeness (QED) is 0.498. The molecule has 0 heterocycles. The van der Waals surface area contributed by atoms with Crippen LogP contribution in [0.1, 0.15) is 8.56 Å². The molecular weight excluding hydrogens is 221 g/mol. The Bertz CT molecular complexity index is 17.7. The zero-order valence-corrected chi connectivity index (χ0v) is 10.6. The van der Waals surface area contributed by atoms with Crippen molar-refractivity contribution >= 4 is 110 Å². The molecule has 0 saturated carbocycles. The fourth-order valence-electron chi connectivity index (χ4n) is 0. The summed E-state index contributed by atoms with van der Waals surface area (Å²) in [5.41, 5.74) is 0. The van der Waals surface area contributed by atoms with Crippen molar-refractivity contribution < 1.29 is 13.3 Å². The van der Waals surface area contributed by atoms with Gasteiger partial charge in [-0.3, -0.25) is 4.70 Å². The predicted octanol–water partition coefficient (Wildman–Crippen LogP) is -0.315. The first-order valence-corrected chi connectivity index (χ1v) is 0. The van der Waals surface area contributed by atoms with E-state index in [2.05, 4.69) is 0 Å². The molecule has 4 heteroatoms. The molecule has 0 rings (SSSR count). The van der Waals surface area contributed by atoms with Crippen molar-refractivity contribution in [3.05, 3.63) is 0 Å². The Kier molecular flexibility index (Phi) is 103. The van der Waals surface area contributed by atoms with Crippen molar-refractivity contribution in [2.45, 2.75) is 0 Å². The van der Waals surface area contributed by atoms with Crippen LogP contribution in [0.2, 0.25) is 0 Å². The van der Waals surface area contributed by atoms with Gasteiger partial charge < -0.3 is 8.56 Å². The average Bonchev–Trinajstić information content (AvgIpc) is 0. The minimum absolute atomic E-state index is 0. The van der Waals surface area contributed by atoms with Crippen molar-refractivity contribution in [1.29, 1.82) is 0 Å². The van der Waals surface area contributed by atoms with E-state index in [1.807, 2.05) is 0 Å². The van der Waals surface area contributed by atoms with Crippen LogP contribution in [0, 0.1) is 0 Å². The Morgan fingerprint density at radius 1 is 1.25 bits per heavy atom. The average molecular weight is 228 g/mol. The number of rotatable bonds is 0. The summed E-state index contributed by atoms with van der Waals surface area (Å²) in [4.78, 5) is 0. The van der Waals surface area contributed by atoms with Gasteiger partial charge in [0.05, 0.1) is 0 Å². The first-order chi connectivity index (χ1) is 0. The van der Waals surface area contributed by atoms with Gasteiger partial charge in [-0.2, -0.15) is 0 Å². The molecule has 0 radical (unpaired) electrons. The monoisotopic (exact) mass is 228 g/mol. The van der Waals surface area contributed by atoms with Gasteiger partial charge in [-0.1, -0.05) is 0 Å². The van der Waals surface area contributed by atoms with Crippen LogP contribution in [-0.4, -0.2) is 110 Å². The van der Waals surface area contributed by atoms with E-state index >= 15 is 0 Å². The summed E-state index contributed by atoms with van der Waals surface area (Å²) in [7, 11) is 0. The Balaban J connectivity index is 0. The van der Waals surface area contributed by atoms with Crippen molar-refractivity contribution in [3.8, 4) is 0 Å². The first kappa shape index (κ1) is 25.8. The number of halogens is 1. The Morgan fingerprint density at radius 2 is 1.25 bits per heavy atom. The van der Waals surface area contributed by atoms with E-state index in [0.29, 0.717) is 0 Å². The van der Waals surface area contributed by atoms with Gasteiger partial charge in [-0.25, -0.2) is 0 Å². The molecule has 0 aliphatic carbocycles. The molecule has 0 fully saturated rings. The van der Waals surface area contributed by atoms with E-state index in [-0.39, 0.29) is 123 Å². The molecule has 0 aliphatic heterocycles. The third-order valence-corrected chi connectivity index (χ3v) is 0. The van der Waals surface area contributed by atoms with Crippen molar-refractivity contribution in [3.63, 3.8) is 0 Å². The van der Waals surface area contributed by atoms with Crippen molar-refractivity contribution in [1.82, 2.24) is 0 Å². The van der Waals surface area contributed by atoms with Crippen LogP contribution in [0.4, 0.5) is 4.70 Å². The molecule has 0 amide bonds.